The van der Waals surface area contributed by atoms with E-state index in [2.05, 4.69) is 50.0 Å². The highest BCUT2D eigenvalue weighted by atomic mass is 16.1. The number of aldehydes is 1. The molecule has 0 bridgehead atoms. The largest absolute Gasteiger partial charge is 0.317 e. The Bertz CT molecular complexity index is 808. The first-order chi connectivity index (χ1) is 10.5. The van der Waals surface area contributed by atoms with Crippen LogP contribution in [0.1, 0.15) is 42.5 Å². The lowest BCUT2D eigenvalue weighted by molar-refractivity contribution is 0.111. The molecule has 1 heterocycles. The highest BCUT2D eigenvalue weighted by molar-refractivity contribution is 5.83. The van der Waals surface area contributed by atoms with E-state index in [1.54, 1.807) is 0 Å². The molecule has 3 rings (SSSR count). The first kappa shape index (κ1) is 14.5. The monoisotopic (exact) mass is 292 g/mol. The van der Waals surface area contributed by atoms with Gasteiger partial charge in [-0.15, -0.1) is 0 Å². The van der Waals surface area contributed by atoms with Gasteiger partial charge < -0.3 is 4.57 Å². The molecule has 0 atom stereocenters. The maximum atomic E-state index is 11.3. The van der Waals surface area contributed by atoms with Gasteiger partial charge in [-0.1, -0.05) is 57.2 Å². The number of benzene rings is 2. The summed E-state index contributed by atoms with van der Waals surface area (Å²) in [6.07, 6.45) is 0.823. The van der Waals surface area contributed by atoms with E-state index in [-0.39, 0.29) is 5.41 Å². The van der Waals surface area contributed by atoms with Crippen LogP contribution in [0.15, 0.2) is 48.5 Å². The lowest BCUT2D eigenvalue weighted by Crippen LogP contribution is -2.11. The summed E-state index contributed by atoms with van der Waals surface area (Å²) in [6.45, 7) is 7.26. The molecule has 0 radical (unpaired) electrons. The summed E-state index contributed by atoms with van der Waals surface area (Å²) < 4.78 is 1.97. The Morgan fingerprint density at radius 1 is 1.05 bits per heavy atom. The molecule has 3 heteroatoms. The van der Waals surface area contributed by atoms with Crippen molar-refractivity contribution >= 4 is 17.3 Å². The number of fused-ring (bicyclic) bond motifs is 1. The zero-order chi connectivity index (χ0) is 15.7. The van der Waals surface area contributed by atoms with Gasteiger partial charge >= 0.3 is 0 Å². The molecule has 0 unspecified atom stereocenters. The van der Waals surface area contributed by atoms with Gasteiger partial charge in [-0.2, -0.15) is 0 Å². The zero-order valence-electron chi connectivity index (χ0n) is 13.2. The Balaban J connectivity index is 1.98. The molecule has 2 aromatic carbocycles. The minimum Gasteiger partial charge on any atom is -0.317 e. The van der Waals surface area contributed by atoms with Gasteiger partial charge in [0.25, 0.3) is 0 Å². The molecule has 0 saturated carbocycles. The van der Waals surface area contributed by atoms with Gasteiger partial charge in [0.05, 0.1) is 11.0 Å². The van der Waals surface area contributed by atoms with Crippen LogP contribution in [-0.4, -0.2) is 15.8 Å². The fourth-order valence-electron chi connectivity index (χ4n) is 2.64. The summed E-state index contributed by atoms with van der Waals surface area (Å²) in [7, 11) is 0. The minimum absolute atomic E-state index is 0.147. The van der Waals surface area contributed by atoms with Crippen molar-refractivity contribution < 1.29 is 4.79 Å². The molecule has 0 aliphatic heterocycles. The Hall–Kier alpha value is -2.42. The molecular formula is C19H20N2O. The van der Waals surface area contributed by atoms with Crippen LogP contribution in [0.4, 0.5) is 0 Å². The number of hydrogen-bond donors (Lipinski definition) is 0. The lowest BCUT2D eigenvalue weighted by atomic mass is 9.87. The number of carbonyl (C=O) groups excluding carboxylic acids is 1. The second-order valence-corrected chi connectivity index (χ2v) is 6.61. The third kappa shape index (κ3) is 2.67. The fraction of sp³-hybridized carbons (Fsp3) is 0.263. The number of para-hydroxylation sites is 2. The van der Waals surface area contributed by atoms with E-state index in [0.29, 0.717) is 12.4 Å². The Morgan fingerprint density at radius 2 is 1.73 bits per heavy atom. The molecule has 22 heavy (non-hydrogen) atoms. The van der Waals surface area contributed by atoms with Gasteiger partial charge in [-0.3, -0.25) is 4.79 Å². The molecule has 0 N–H and O–H groups in total. The highest BCUT2D eigenvalue weighted by Gasteiger charge is 2.14. The van der Waals surface area contributed by atoms with Crippen molar-refractivity contribution in [1.29, 1.82) is 0 Å². The molecule has 1 aromatic heterocycles. The molecule has 0 saturated heterocycles. The van der Waals surface area contributed by atoms with Gasteiger partial charge in [0.1, 0.15) is 0 Å². The molecule has 3 nitrogen and oxygen atoms in total. The first-order valence-corrected chi connectivity index (χ1v) is 7.49. The van der Waals surface area contributed by atoms with Crippen LogP contribution < -0.4 is 0 Å². The van der Waals surface area contributed by atoms with Crippen molar-refractivity contribution in [2.45, 2.75) is 32.7 Å². The zero-order valence-corrected chi connectivity index (χ0v) is 13.2. The molecule has 0 spiro atoms. The van der Waals surface area contributed by atoms with Crippen LogP contribution in [0.25, 0.3) is 11.0 Å². The van der Waals surface area contributed by atoms with Crippen LogP contribution in [0.3, 0.4) is 0 Å². The summed E-state index contributed by atoms with van der Waals surface area (Å²) in [5.74, 6) is 0.473. The van der Waals surface area contributed by atoms with Crippen molar-refractivity contribution in [3.63, 3.8) is 0 Å². The van der Waals surface area contributed by atoms with Crippen molar-refractivity contribution in [3.8, 4) is 0 Å². The van der Waals surface area contributed by atoms with Crippen molar-refractivity contribution in [1.82, 2.24) is 9.55 Å². The molecule has 3 aromatic rings. The van der Waals surface area contributed by atoms with Gasteiger partial charge in [0, 0.05) is 6.54 Å². The molecule has 112 valence electrons. The van der Waals surface area contributed by atoms with E-state index in [0.717, 1.165) is 17.3 Å². The van der Waals surface area contributed by atoms with Gasteiger partial charge in [-0.25, -0.2) is 4.98 Å². The number of rotatable bonds is 3. The quantitative estimate of drug-likeness (QED) is 0.678. The summed E-state index contributed by atoms with van der Waals surface area (Å²) in [5, 5.41) is 0. The number of hydrogen-bond acceptors (Lipinski definition) is 2. The van der Waals surface area contributed by atoms with Crippen LogP contribution in [0.2, 0.25) is 0 Å². The highest BCUT2D eigenvalue weighted by Crippen LogP contribution is 2.23. The molecule has 0 aliphatic carbocycles. The third-order valence-electron chi connectivity index (χ3n) is 3.95. The second-order valence-electron chi connectivity index (χ2n) is 6.61. The first-order valence-electron chi connectivity index (χ1n) is 7.49. The third-order valence-corrected chi connectivity index (χ3v) is 3.95. The van der Waals surface area contributed by atoms with E-state index < -0.39 is 0 Å². The predicted octanol–water partition coefficient (Wildman–Crippen LogP) is 4.19. The van der Waals surface area contributed by atoms with Gasteiger partial charge in [-0.05, 0) is 28.7 Å². The van der Waals surface area contributed by atoms with E-state index in [1.165, 1.54) is 11.1 Å². The Kier molecular flexibility index (Phi) is 3.57. The number of aromatic nitrogens is 2. The second kappa shape index (κ2) is 5.41. The smallest absolute Gasteiger partial charge is 0.185 e. The van der Waals surface area contributed by atoms with Gasteiger partial charge in [0.15, 0.2) is 12.1 Å². The maximum Gasteiger partial charge on any atom is 0.185 e. The Morgan fingerprint density at radius 3 is 2.36 bits per heavy atom. The normalized spacial score (nSPS) is 11.8. The average Bonchev–Trinajstić information content (AvgIpc) is 2.85. The summed E-state index contributed by atoms with van der Waals surface area (Å²) in [5.41, 5.74) is 4.47. The van der Waals surface area contributed by atoms with E-state index in [9.17, 15) is 4.79 Å². The molecule has 0 amide bonds. The van der Waals surface area contributed by atoms with Crippen molar-refractivity contribution in [3.05, 3.63) is 65.5 Å². The summed E-state index contributed by atoms with van der Waals surface area (Å²) in [6, 6.07) is 16.4. The van der Waals surface area contributed by atoms with Crippen LogP contribution >= 0.6 is 0 Å². The van der Waals surface area contributed by atoms with Gasteiger partial charge in [0.2, 0.25) is 0 Å². The summed E-state index contributed by atoms with van der Waals surface area (Å²) in [4.78, 5) is 15.7. The number of nitrogens with zero attached hydrogens (tertiary/aromatic N) is 2. The molecule has 0 fully saturated rings. The number of carbonyl (C=O) groups is 1. The van der Waals surface area contributed by atoms with E-state index in [1.807, 2.05) is 28.8 Å². The Labute approximate surface area is 130 Å². The van der Waals surface area contributed by atoms with E-state index in [4.69, 9.17) is 0 Å². The topological polar surface area (TPSA) is 34.9 Å². The van der Waals surface area contributed by atoms with E-state index >= 15 is 0 Å². The predicted molar refractivity (Wildman–Crippen MR) is 89.4 cm³/mol. The average molecular weight is 292 g/mol. The minimum atomic E-state index is 0.147. The lowest BCUT2D eigenvalue weighted by Gasteiger charge is -2.19. The van der Waals surface area contributed by atoms with Crippen molar-refractivity contribution in [2.75, 3.05) is 0 Å². The van der Waals surface area contributed by atoms with Crippen molar-refractivity contribution in [2.24, 2.45) is 0 Å². The standard InChI is InChI=1S/C19H20N2O/c1-19(2,3)15-10-8-14(9-11-15)12-21-17-7-5-4-6-16(17)20-18(21)13-22/h4-11,13H,12H2,1-3H3. The molecule has 0 aliphatic rings. The van der Waals surface area contributed by atoms with Crippen LogP contribution in [0, 0.1) is 0 Å². The SMILES string of the molecule is CC(C)(C)c1ccc(Cn2c(C=O)nc3ccccc32)cc1. The molecular weight excluding hydrogens is 272 g/mol. The number of imidazole rings is 1. The summed E-state index contributed by atoms with van der Waals surface area (Å²) >= 11 is 0. The van der Waals surface area contributed by atoms with Crippen LogP contribution in [-0.2, 0) is 12.0 Å². The van der Waals surface area contributed by atoms with Crippen LogP contribution in [0.5, 0.6) is 0 Å². The maximum absolute atomic E-state index is 11.3. The fourth-order valence-corrected chi connectivity index (χ4v) is 2.64.